The second kappa shape index (κ2) is 8.06. The van der Waals surface area contributed by atoms with Crippen molar-refractivity contribution in [2.24, 2.45) is 0 Å². The maximum Gasteiger partial charge on any atom is 0.416 e. The SMILES string of the molecule is CC(O)c1sc(-c2ccc(C(F)(F)F)cc2)nc1COc1c(F)cccc1Cl. The van der Waals surface area contributed by atoms with Crippen molar-refractivity contribution in [2.75, 3.05) is 0 Å². The van der Waals surface area contributed by atoms with Gasteiger partial charge >= 0.3 is 6.18 Å². The number of rotatable bonds is 5. The minimum atomic E-state index is -4.43. The van der Waals surface area contributed by atoms with E-state index in [-0.39, 0.29) is 17.4 Å². The van der Waals surface area contributed by atoms with Crippen molar-refractivity contribution in [1.29, 1.82) is 0 Å². The number of thiazole rings is 1. The second-order valence-electron chi connectivity index (χ2n) is 5.92. The fourth-order valence-corrected chi connectivity index (χ4v) is 3.71. The summed E-state index contributed by atoms with van der Waals surface area (Å²) in [6.07, 6.45) is -5.31. The number of aliphatic hydroxyl groups excluding tert-OH is 1. The molecule has 148 valence electrons. The van der Waals surface area contributed by atoms with Gasteiger partial charge in [-0.1, -0.05) is 29.8 Å². The fraction of sp³-hybridized carbons (Fsp3) is 0.211. The average molecular weight is 432 g/mol. The molecule has 3 nitrogen and oxygen atoms in total. The van der Waals surface area contributed by atoms with Gasteiger partial charge in [-0.3, -0.25) is 0 Å². The molecule has 0 spiro atoms. The molecule has 0 aliphatic carbocycles. The van der Waals surface area contributed by atoms with E-state index in [1.165, 1.54) is 37.3 Å². The third-order valence-corrected chi connectivity index (χ3v) is 5.45. The van der Waals surface area contributed by atoms with Gasteiger partial charge in [0.2, 0.25) is 0 Å². The number of hydrogen-bond donors (Lipinski definition) is 1. The first-order valence-corrected chi connectivity index (χ1v) is 9.28. The minimum Gasteiger partial charge on any atom is -0.483 e. The van der Waals surface area contributed by atoms with Gasteiger partial charge in [0.1, 0.15) is 11.6 Å². The molecule has 1 atom stereocenters. The standard InChI is InChI=1S/C19H14ClF4NO2S/c1-10(26)17-15(9-27-16-13(20)3-2-4-14(16)21)25-18(28-17)11-5-7-12(8-6-11)19(22,23)24/h2-8,10,26H,9H2,1H3. The van der Waals surface area contributed by atoms with Gasteiger partial charge in [-0.2, -0.15) is 13.2 Å². The summed E-state index contributed by atoms with van der Waals surface area (Å²) in [5, 5.41) is 10.5. The van der Waals surface area contributed by atoms with Crippen molar-refractivity contribution in [3.8, 4) is 16.3 Å². The first-order valence-electron chi connectivity index (χ1n) is 8.09. The Kier molecular flexibility index (Phi) is 5.92. The predicted molar refractivity (Wildman–Crippen MR) is 98.9 cm³/mol. The van der Waals surface area contributed by atoms with E-state index in [4.69, 9.17) is 16.3 Å². The molecule has 1 heterocycles. The van der Waals surface area contributed by atoms with Gasteiger partial charge in [-0.15, -0.1) is 11.3 Å². The van der Waals surface area contributed by atoms with Crippen molar-refractivity contribution in [3.63, 3.8) is 0 Å². The zero-order valence-electron chi connectivity index (χ0n) is 14.4. The lowest BCUT2D eigenvalue weighted by Gasteiger charge is -2.09. The van der Waals surface area contributed by atoms with Crippen molar-refractivity contribution in [2.45, 2.75) is 25.8 Å². The van der Waals surface area contributed by atoms with Crippen LogP contribution in [-0.4, -0.2) is 10.1 Å². The summed E-state index contributed by atoms with van der Waals surface area (Å²) in [4.78, 5) is 4.83. The number of halogens is 5. The molecule has 0 saturated heterocycles. The molecule has 3 aromatic rings. The Morgan fingerprint density at radius 1 is 1.18 bits per heavy atom. The maximum atomic E-state index is 13.8. The van der Waals surface area contributed by atoms with Gasteiger partial charge in [0, 0.05) is 5.56 Å². The Morgan fingerprint density at radius 3 is 2.43 bits per heavy atom. The number of hydrogen-bond acceptors (Lipinski definition) is 4. The zero-order valence-corrected chi connectivity index (χ0v) is 16.0. The highest BCUT2D eigenvalue weighted by atomic mass is 35.5. The van der Waals surface area contributed by atoms with Gasteiger partial charge in [0.15, 0.2) is 11.6 Å². The van der Waals surface area contributed by atoms with Crippen LogP contribution in [0.25, 0.3) is 10.6 Å². The van der Waals surface area contributed by atoms with Gasteiger partial charge in [-0.25, -0.2) is 9.37 Å². The number of alkyl halides is 3. The fourth-order valence-electron chi connectivity index (χ4n) is 2.48. The van der Waals surface area contributed by atoms with Gasteiger partial charge in [0.25, 0.3) is 0 Å². The molecular formula is C19H14ClF4NO2S. The molecule has 0 radical (unpaired) electrons. The number of ether oxygens (including phenoxy) is 1. The second-order valence-corrected chi connectivity index (χ2v) is 7.36. The highest BCUT2D eigenvalue weighted by molar-refractivity contribution is 7.15. The molecular weight excluding hydrogens is 418 g/mol. The zero-order chi connectivity index (χ0) is 20.5. The molecule has 0 aliphatic rings. The molecule has 0 fully saturated rings. The molecule has 0 bridgehead atoms. The third-order valence-electron chi connectivity index (χ3n) is 3.84. The van der Waals surface area contributed by atoms with Crippen LogP contribution in [0.4, 0.5) is 17.6 Å². The van der Waals surface area contributed by atoms with Crippen LogP contribution >= 0.6 is 22.9 Å². The van der Waals surface area contributed by atoms with Gasteiger partial charge in [-0.05, 0) is 31.2 Å². The Balaban J connectivity index is 1.88. The van der Waals surface area contributed by atoms with E-state index >= 15 is 0 Å². The molecule has 2 aromatic carbocycles. The summed E-state index contributed by atoms with van der Waals surface area (Å²) in [5.74, 6) is -0.769. The number of aromatic nitrogens is 1. The van der Waals surface area contributed by atoms with Gasteiger partial charge in [0.05, 0.1) is 27.3 Å². The van der Waals surface area contributed by atoms with Crippen molar-refractivity contribution < 1.29 is 27.4 Å². The third kappa shape index (κ3) is 4.45. The molecule has 0 aliphatic heterocycles. The summed E-state index contributed by atoms with van der Waals surface area (Å²) in [6.45, 7) is 1.38. The molecule has 0 amide bonds. The van der Waals surface area contributed by atoms with Crippen LogP contribution in [0.1, 0.15) is 29.2 Å². The number of aliphatic hydroxyl groups is 1. The van der Waals surface area contributed by atoms with E-state index in [0.717, 1.165) is 23.5 Å². The van der Waals surface area contributed by atoms with Crippen LogP contribution in [0.5, 0.6) is 5.75 Å². The highest BCUT2D eigenvalue weighted by Gasteiger charge is 2.30. The summed E-state index contributed by atoms with van der Waals surface area (Å²) >= 11 is 7.06. The van der Waals surface area contributed by atoms with E-state index in [0.29, 0.717) is 21.1 Å². The molecule has 28 heavy (non-hydrogen) atoms. The summed E-state index contributed by atoms with van der Waals surface area (Å²) in [5.41, 5.74) is 0.0607. The monoisotopic (exact) mass is 431 g/mol. The van der Waals surface area contributed by atoms with Crippen LogP contribution in [-0.2, 0) is 12.8 Å². The van der Waals surface area contributed by atoms with E-state index in [1.807, 2.05) is 0 Å². The van der Waals surface area contributed by atoms with Crippen LogP contribution in [0, 0.1) is 5.82 Å². The molecule has 1 aromatic heterocycles. The van der Waals surface area contributed by atoms with E-state index in [1.54, 1.807) is 0 Å². The van der Waals surface area contributed by atoms with Crippen molar-refractivity contribution >= 4 is 22.9 Å². The molecule has 1 unspecified atom stereocenters. The topological polar surface area (TPSA) is 42.4 Å². The largest absolute Gasteiger partial charge is 0.483 e. The molecule has 1 N–H and O–H groups in total. The quantitative estimate of drug-likeness (QED) is 0.485. The lowest BCUT2D eigenvalue weighted by molar-refractivity contribution is -0.137. The van der Waals surface area contributed by atoms with Gasteiger partial charge < -0.3 is 9.84 Å². The molecule has 3 rings (SSSR count). The number of para-hydroxylation sites is 1. The van der Waals surface area contributed by atoms with Crippen LogP contribution in [0.2, 0.25) is 5.02 Å². The smallest absolute Gasteiger partial charge is 0.416 e. The summed E-state index contributed by atoms with van der Waals surface area (Å²) in [7, 11) is 0. The predicted octanol–water partition coefficient (Wildman–Crippen LogP) is 6.25. The summed E-state index contributed by atoms with van der Waals surface area (Å²) < 4.78 is 57.4. The molecule has 9 heteroatoms. The first-order chi connectivity index (χ1) is 13.2. The first kappa shape index (κ1) is 20.6. The van der Waals surface area contributed by atoms with Crippen molar-refractivity contribution in [3.05, 3.63) is 69.4 Å². The number of benzene rings is 2. The number of nitrogens with zero attached hydrogens (tertiary/aromatic N) is 1. The van der Waals surface area contributed by atoms with E-state index < -0.39 is 23.7 Å². The lowest BCUT2D eigenvalue weighted by atomic mass is 10.1. The summed E-state index contributed by atoms with van der Waals surface area (Å²) in [6, 6.07) is 8.67. The Hall–Kier alpha value is -2.16. The minimum absolute atomic E-state index is 0.0942. The Morgan fingerprint density at radius 2 is 1.86 bits per heavy atom. The molecule has 0 saturated carbocycles. The Labute approximate surface area is 167 Å². The Bertz CT molecular complexity index is 951. The van der Waals surface area contributed by atoms with Crippen LogP contribution < -0.4 is 4.74 Å². The average Bonchev–Trinajstić information content (AvgIpc) is 3.05. The van der Waals surface area contributed by atoms with E-state index in [9.17, 15) is 22.7 Å². The van der Waals surface area contributed by atoms with Crippen molar-refractivity contribution in [1.82, 2.24) is 4.98 Å². The normalized spacial score (nSPS) is 12.8. The van der Waals surface area contributed by atoms with Crippen LogP contribution in [0.3, 0.4) is 0 Å². The highest BCUT2D eigenvalue weighted by Crippen LogP contribution is 2.36. The van der Waals surface area contributed by atoms with E-state index in [2.05, 4.69) is 4.98 Å². The lowest BCUT2D eigenvalue weighted by Crippen LogP contribution is -2.04. The van der Waals surface area contributed by atoms with Crippen LogP contribution in [0.15, 0.2) is 42.5 Å². The maximum absolute atomic E-state index is 13.8.